The second-order valence-electron chi connectivity index (χ2n) is 4.80. The van der Waals surface area contributed by atoms with E-state index in [2.05, 4.69) is 6.08 Å². The van der Waals surface area contributed by atoms with E-state index < -0.39 is 0 Å². The molecule has 0 bridgehead atoms. The first-order valence-corrected chi connectivity index (χ1v) is 6.23. The Kier molecular flexibility index (Phi) is 3.99. The summed E-state index contributed by atoms with van der Waals surface area (Å²) in [5.41, 5.74) is 0.757. The van der Waals surface area contributed by atoms with Crippen molar-refractivity contribution in [3.8, 4) is 0 Å². The van der Waals surface area contributed by atoms with Gasteiger partial charge >= 0.3 is 5.97 Å². The minimum atomic E-state index is -0.180. The number of carbonyl (C=O) groups is 1. The van der Waals surface area contributed by atoms with Crippen molar-refractivity contribution in [2.75, 3.05) is 13.2 Å². The highest BCUT2D eigenvalue weighted by Crippen LogP contribution is 2.25. The summed E-state index contributed by atoms with van der Waals surface area (Å²) in [6, 6.07) is 0. The molecule has 16 heavy (non-hydrogen) atoms. The van der Waals surface area contributed by atoms with Gasteiger partial charge < -0.3 is 9.47 Å². The minimum absolute atomic E-state index is 0.159. The SMILES string of the molecule is CC(=CC1CCCCC1)C(=O)OCC1CO1. The number of ether oxygens (including phenoxy) is 2. The fourth-order valence-electron chi connectivity index (χ4n) is 2.17. The van der Waals surface area contributed by atoms with Crippen molar-refractivity contribution in [2.24, 2.45) is 5.92 Å². The molecule has 0 aromatic carbocycles. The summed E-state index contributed by atoms with van der Waals surface area (Å²) in [7, 11) is 0. The van der Waals surface area contributed by atoms with Crippen LogP contribution in [0.1, 0.15) is 39.0 Å². The normalized spacial score (nSPS) is 26.6. The molecule has 3 heteroatoms. The first kappa shape index (κ1) is 11.6. The van der Waals surface area contributed by atoms with Crippen LogP contribution in [0.3, 0.4) is 0 Å². The van der Waals surface area contributed by atoms with E-state index >= 15 is 0 Å². The summed E-state index contributed by atoms with van der Waals surface area (Å²) >= 11 is 0. The van der Waals surface area contributed by atoms with Crippen LogP contribution >= 0.6 is 0 Å². The molecule has 2 rings (SSSR count). The molecule has 1 aliphatic carbocycles. The Morgan fingerprint density at radius 3 is 2.69 bits per heavy atom. The molecule has 1 atom stereocenters. The molecule has 2 fully saturated rings. The van der Waals surface area contributed by atoms with E-state index in [1.54, 1.807) is 0 Å². The average molecular weight is 224 g/mol. The van der Waals surface area contributed by atoms with Gasteiger partial charge in [0.25, 0.3) is 0 Å². The zero-order chi connectivity index (χ0) is 11.4. The lowest BCUT2D eigenvalue weighted by atomic mass is 9.88. The van der Waals surface area contributed by atoms with Crippen LogP contribution < -0.4 is 0 Å². The van der Waals surface area contributed by atoms with Crippen LogP contribution in [0.15, 0.2) is 11.6 Å². The van der Waals surface area contributed by atoms with E-state index in [-0.39, 0.29) is 12.1 Å². The molecule has 0 amide bonds. The smallest absolute Gasteiger partial charge is 0.333 e. The molecule has 1 unspecified atom stereocenters. The van der Waals surface area contributed by atoms with E-state index in [0.717, 1.165) is 12.2 Å². The number of rotatable bonds is 4. The summed E-state index contributed by atoms with van der Waals surface area (Å²) in [4.78, 5) is 11.6. The third kappa shape index (κ3) is 3.63. The largest absolute Gasteiger partial charge is 0.459 e. The first-order chi connectivity index (χ1) is 7.75. The van der Waals surface area contributed by atoms with Crippen LogP contribution in [0.25, 0.3) is 0 Å². The molecule has 0 aromatic heterocycles. The zero-order valence-corrected chi connectivity index (χ0v) is 9.91. The second-order valence-corrected chi connectivity index (χ2v) is 4.80. The molecular formula is C13H20O3. The van der Waals surface area contributed by atoms with Gasteiger partial charge in [-0.1, -0.05) is 25.3 Å². The highest BCUT2D eigenvalue weighted by Gasteiger charge is 2.24. The van der Waals surface area contributed by atoms with E-state index in [0.29, 0.717) is 12.5 Å². The summed E-state index contributed by atoms with van der Waals surface area (Å²) < 4.78 is 10.1. The highest BCUT2D eigenvalue weighted by atomic mass is 16.6. The maximum Gasteiger partial charge on any atom is 0.333 e. The molecule has 0 radical (unpaired) electrons. The van der Waals surface area contributed by atoms with E-state index in [1.165, 1.54) is 32.1 Å². The molecule has 1 aliphatic heterocycles. The fourth-order valence-corrected chi connectivity index (χ4v) is 2.17. The van der Waals surface area contributed by atoms with Crippen molar-refractivity contribution >= 4 is 5.97 Å². The van der Waals surface area contributed by atoms with Gasteiger partial charge in [0.15, 0.2) is 0 Å². The molecule has 0 aromatic rings. The molecule has 0 spiro atoms. The van der Waals surface area contributed by atoms with Crippen molar-refractivity contribution in [1.82, 2.24) is 0 Å². The summed E-state index contributed by atoms with van der Waals surface area (Å²) in [6.07, 6.45) is 8.61. The van der Waals surface area contributed by atoms with Crippen LogP contribution in [-0.2, 0) is 14.3 Å². The second kappa shape index (κ2) is 5.48. The third-order valence-corrected chi connectivity index (χ3v) is 3.26. The van der Waals surface area contributed by atoms with Gasteiger partial charge in [-0.05, 0) is 25.7 Å². The Bertz CT molecular complexity index is 273. The number of hydrogen-bond donors (Lipinski definition) is 0. The fraction of sp³-hybridized carbons (Fsp3) is 0.769. The molecule has 90 valence electrons. The van der Waals surface area contributed by atoms with Gasteiger partial charge in [-0.25, -0.2) is 4.79 Å². The van der Waals surface area contributed by atoms with Gasteiger partial charge in [0.05, 0.1) is 6.61 Å². The lowest BCUT2D eigenvalue weighted by Gasteiger charge is -2.18. The average Bonchev–Trinajstić information content (AvgIpc) is 3.11. The Labute approximate surface area is 96.8 Å². The molecule has 1 saturated carbocycles. The van der Waals surface area contributed by atoms with E-state index in [1.807, 2.05) is 6.92 Å². The van der Waals surface area contributed by atoms with E-state index in [4.69, 9.17) is 9.47 Å². The lowest BCUT2D eigenvalue weighted by molar-refractivity contribution is -0.139. The van der Waals surface area contributed by atoms with Gasteiger partial charge in [-0.2, -0.15) is 0 Å². The van der Waals surface area contributed by atoms with E-state index in [9.17, 15) is 4.79 Å². The van der Waals surface area contributed by atoms with Crippen molar-refractivity contribution in [3.05, 3.63) is 11.6 Å². The third-order valence-electron chi connectivity index (χ3n) is 3.26. The lowest BCUT2D eigenvalue weighted by Crippen LogP contribution is -2.12. The highest BCUT2D eigenvalue weighted by molar-refractivity contribution is 5.87. The summed E-state index contributed by atoms with van der Waals surface area (Å²) in [5.74, 6) is 0.402. The quantitative estimate of drug-likeness (QED) is 0.418. The van der Waals surface area contributed by atoms with Crippen LogP contribution in [0.2, 0.25) is 0 Å². The molecule has 3 nitrogen and oxygen atoms in total. The Balaban J connectivity index is 1.76. The Morgan fingerprint density at radius 1 is 1.38 bits per heavy atom. The predicted molar refractivity (Wildman–Crippen MR) is 61.0 cm³/mol. The monoisotopic (exact) mass is 224 g/mol. The zero-order valence-electron chi connectivity index (χ0n) is 9.91. The number of hydrogen-bond acceptors (Lipinski definition) is 3. The van der Waals surface area contributed by atoms with Gasteiger partial charge in [0, 0.05) is 5.57 Å². The summed E-state index contributed by atoms with van der Waals surface area (Å²) in [6.45, 7) is 3.00. The molecule has 1 heterocycles. The molecule has 2 aliphatic rings. The number of esters is 1. The van der Waals surface area contributed by atoms with Gasteiger partial charge in [0.1, 0.15) is 12.7 Å². The number of epoxide rings is 1. The van der Waals surface area contributed by atoms with Crippen LogP contribution in [0.4, 0.5) is 0 Å². The van der Waals surface area contributed by atoms with Crippen LogP contribution in [0.5, 0.6) is 0 Å². The number of carbonyl (C=O) groups excluding carboxylic acids is 1. The van der Waals surface area contributed by atoms with Crippen molar-refractivity contribution in [2.45, 2.75) is 45.1 Å². The number of allylic oxidation sites excluding steroid dienone is 1. The first-order valence-electron chi connectivity index (χ1n) is 6.23. The molecular weight excluding hydrogens is 204 g/mol. The molecule has 0 N–H and O–H groups in total. The maximum absolute atomic E-state index is 11.6. The van der Waals surface area contributed by atoms with Crippen LogP contribution in [-0.4, -0.2) is 25.3 Å². The van der Waals surface area contributed by atoms with Crippen molar-refractivity contribution in [1.29, 1.82) is 0 Å². The van der Waals surface area contributed by atoms with Gasteiger partial charge in [-0.3, -0.25) is 0 Å². The Hall–Kier alpha value is -0.830. The summed E-state index contributed by atoms with van der Waals surface area (Å²) in [5, 5.41) is 0. The van der Waals surface area contributed by atoms with Gasteiger partial charge in [-0.15, -0.1) is 0 Å². The topological polar surface area (TPSA) is 38.8 Å². The molecule has 1 saturated heterocycles. The van der Waals surface area contributed by atoms with Gasteiger partial charge in [0.2, 0.25) is 0 Å². The predicted octanol–water partition coefficient (Wildman–Crippen LogP) is 2.46. The standard InChI is InChI=1S/C13H20O3/c1-10(7-11-5-3-2-4-6-11)13(14)16-9-12-8-15-12/h7,11-12H,2-6,8-9H2,1H3. The van der Waals surface area contributed by atoms with Crippen molar-refractivity contribution < 1.29 is 14.3 Å². The minimum Gasteiger partial charge on any atom is -0.459 e. The maximum atomic E-state index is 11.6. The van der Waals surface area contributed by atoms with Crippen LogP contribution in [0, 0.1) is 5.92 Å². The van der Waals surface area contributed by atoms with Crippen molar-refractivity contribution in [3.63, 3.8) is 0 Å². The Morgan fingerprint density at radius 2 is 2.06 bits per heavy atom.